The molecule has 1 aliphatic heterocycles. The van der Waals surface area contributed by atoms with Crippen LogP contribution in [0.2, 0.25) is 0 Å². The molecule has 0 amide bonds. The van der Waals surface area contributed by atoms with Crippen LogP contribution in [0.25, 0.3) is 0 Å². The summed E-state index contributed by atoms with van der Waals surface area (Å²) < 4.78 is 0.792. The number of hydrogen-bond donors (Lipinski definition) is 1. The lowest BCUT2D eigenvalue weighted by atomic mass is 9.99. The fourth-order valence-electron chi connectivity index (χ4n) is 2.64. The molecule has 3 heteroatoms. The average Bonchev–Trinajstić information content (AvgIpc) is 2.35. The molecular formula is C14H20BrNO. The maximum atomic E-state index is 10.0. The SMILES string of the molecule is CCC1CCCCN1Cc1cccc(Br)c1O. The van der Waals surface area contributed by atoms with Gasteiger partial charge in [-0.25, -0.2) is 0 Å². The second kappa shape index (κ2) is 5.87. The number of para-hydroxylation sites is 1. The Morgan fingerprint density at radius 2 is 2.24 bits per heavy atom. The lowest BCUT2D eigenvalue weighted by Gasteiger charge is -2.35. The van der Waals surface area contributed by atoms with Gasteiger partial charge in [0.15, 0.2) is 0 Å². The minimum atomic E-state index is 0.396. The summed E-state index contributed by atoms with van der Waals surface area (Å²) in [5.41, 5.74) is 1.03. The summed E-state index contributed by atoms with van der Waals surface area (Å²) in [5.74, 6) is 0.396. The lowest BCUT2D eigenvalue weighted by Crippen LogP contribution is -2.38. The summed E-state index contributed by atoms with van der Waals surface area (Å²) in [6, 6.07) is 6.57. The Kier molecular flexibility index (Phi) is 4.46. The fourth-order valence-corrected chi connectivity index (χ4v) is 3.04. The fraction of sp³-hybridized carbons (Fsp3) is 0.571. The van der Waals surface area contributed by atoms with Crippen molar-refractivity contribution in [1.82, 2.24) is 4.90 Å². The number of phenols is 1. The van der Waals surface area contributed by atoms with Crippen molar-refractivity contribution in [1.29, 1.82) is 0 Å². The highest BCUT2D eigenvalue weighted by Crippen LogP contribution is 2.30. The van der Waals surface area contributed by atoms with Gasteiger partial charge < -0.3 is 5.11 Å². The van der Waals surface area contributed by atoms with Crippen LogP contribution in [-0.2, 0) is 6.54 Å². The van der Waals surface area contributed by atoms with Gasteiger partial charge in [0.25, 0.3) is 0 Å². The highest BCUT2D eigenvalue weighted by Gasteiger charge is 2.21. The van der Waals surface area contributed by atoms with E-state index >= 15 is 0 Å². The van der Waals surface area contributed by atoms with Gasteiger partial charge in [0, 0.05) is 18.2 Å². The Balaban J connectivity index is 2.11. The first kappa shape index (κ1) is 12.9. The number of likely N-dealkylation sites (tertiary alicyclic amines) is 1. The van der Waals surface area contributed by atoms with E-state index in [0.717, 1.165) is 23.1 Å². The lowest BCUT2D eigenvalue weighted by molar-refractivity contribution is 0.135. The van der Waals surface area contributed by atoms with E-state index < -0.39 is 0 Å². The van der Waals surface area contributed by atoms with Gasteiger partial charge in [0.1, 0.15) is 5.75 Å². The zero-order chi connectivity index (χ0) is 12.3. The summed E-state index contributed by atoms with van der Waals surface area (Å²) >= 11 is 3.37. The smallest absolute Gasteiger partial charge is 0.134 e. The van der Waals surface area contributed by atoms with E-state index in [2.05, 4.69) is 27.8 Å². The third-order valence-electron chi connectivity index (χ3n) is 3.66. The van der Waals surface area contributed by atoms with Crippen LogP contribution in [0.5, 0.6) is 5.75 Å². The molecule has 1 heterocycles. The number of halogens is 1. The van der Waals surface area contributed by atoms with Gasteiger partial charge >= 0.3 is 0 Å². The first-order valence-electron chi connectivity index (χ1n) is 6.42. The zero-order valence-electron chi connectivity index (χ0n) is 10.3. The topological polar surface area (TPSA) is 23.5 Å². The molecule has 1 aromatic rings. The van der Waals surface area contributed by atoms with E-state index in [-0.39, 0.29) is 0 Å². The number of rotatable bonds is 3. The molecule has 1 aliphatic rings. The second-order valence-corrected chi connectivity index (χ2v) is 5.63. The first-order valence-corrected chi connectivity index (χ1v) is 7.22. The standard InChI is InChI=1S/C14H20BrNO/c1-2-12-7-3-4-9-16(12)10-11-6-5-8-13(15)14(11)17/h5-6,8,12,17H,2-4,7,9-10H2,1H3. The van der Waals surface area contributed by atoms with Crippen molar-refractivity contribution >= 4 is 15.9 Å². The molecule has 1 aromatic carbocycles. The molecule has 0 radical (unpaired) electrons. The summed E-state index contributed by atoms with van der Waals surface area (Å²) in [6.45, 7) is 4.28. The number of phenolic OH excluding ortho intramolecular Hbond substituents is 1. The highest BCUT2D eigenvalue weighted by molar-refractivity contribution is 9.10. The third kappa shape index (κ3) is 3.02. The van der Waals surface area contributed by atoms with Crippen molar-refractivity contribution < 1.29 is 5.11 Å². The Morgan fingerprint density at radius 3 is 3.00 bits per heavy atom. The van der Waals surface area contributed by atoms with Crippen molar-refractivity contribution in [2.24, 2.45) is 0 Å². The van der Waals surface area contributed by atoms with Crippen LogP contribution in [0.15, 0.2) is 22.7 Å². The van der Waals surface area contributed by atoms with Crippen LogP contribution >= 0.6 is 15.9 Å². The van der Waals surface area contributed by atoms with E-state index in [1.807, 2.05) is 18.2 Å². The van der Waals surface area contributed by atoms with E-state index in [0.29, 0.717) is 11.8 Å². The number of piperidine rings is 1. The predicted molar refractivity (Wildman–Crippen MR) is 74.1 cm³/mol. The molecule has 0 aliphatic carbocycles. The molecule has 0 saturated carbocycles. The van der Waals surface area contributed by atoms with Gasteiger partial charge in [-0.1, -0.05) is 25.5 Å². The molecular weight excluding hydrogens is 278 g/mol. The van der Waals surface area contributed by atoms with E-state index in [4.69, 9.17) is 0 Å². The number of nitrogens with zero attached hydrogens (tertiary/aromatic N) is 1. The minimum Gasteiger partial charge on any atom is -0.506 e. The van der Waals surface area contributed by atoms with E-state index in [1.165, 1.54) is 25.7 Å². The molecule has 94 valence electrons. The Bertz CT molecular complexity index is 380. The molecule has 1 atom stereocenters. The minimum absolute atomic E-state index is 0.396. The molecule has 1 N–H and O–H groups in total. The summed E-state index contributed by atoms with van der Waals surface area (Å²) in [5, 5.41) is 10.0. The van der Waals surface area contributed by atoms with Gasteiger partial charge in [-0.3, -0.25) is 4.90 Å². The number of aromatic hydroxyl groups is 1. The van der Waals surface area contributed by atoms with Gasteiger partial charge in [-0.2, -0.15) is 0 Å². The van der Waals surface area contributed by atoms with Gasteiger partial charge in [-0.05, 0) is 47.8 Å². The van der Waals surface area contributed by atoms with Gasteiger partial charge in [0.05, 0.1) is 4.47 Å². The van der Waals surface area contributed by atoms with Crippen molar-refractivity contribution in [3.8, 4) is 5.75 Å². The van der Waals surface area contributed by atoms with Crippen LogP contribution in [0.4, 0.5) is 0 Å². The highest BCUT2D eigenvalue weighted by atomic mass is 79.9. The molecule has 17 heavy (non-hydrogen) atoms. The summed E-state index contributed by atoms with van der Waals surface area (Å²) in [6.07, 6.45) is 5.13. The van der Waals surface area contributed by atoms with Gasteiger partial charge in [-0.15, -0.1) is 0 Å². The average molecular weight is 298 g/mol. The molecule has 1 fully saturated rings. The maximum absolute atomic E-state index is 10.0. The van der Waals surface area contributed by atoms with Crippen molar-refractivity contribution in [2.45, 2.75) is 45.2 Å². The Hall–Kier alpha value is -0.540. The molecule has 2 rings (SSSR count). The van der Waals surface area contributed by atoms with Crippen molar-refractivity contribution in [2.75, 3.05) is 6.54 Å². The van der Waals surface area contributed by atoms with Crippen LogP contribution in [0.3, 0.4) is 0 Å². The largest absolute Gasteiger partial charge is 0.506 e. The Morgan fingerprint density at radius 1 is 1.41 bits per heavy atom. The zero-order valence-corrected chi connectivity index (χ0v) is 11.9. The molecule has 2 nitrogen and oxygen atoms in total. The van der Waals surface area contributed by atoms with E-state index in [1.54, 1.807) is 0 Å². The van der Waals surface area contributed by atoms with E-state index in [9.17, 15) is 5.11 Å². The Labute approximate surface area is 112 Å². The normalized spacial score (nSPS) is 21.6. The number of benzene rings is 1. The summed E-state index contributed by atoms with van der Waals surface area (Å²) in [7, 11) is 0. The summed E-state index contributed by atoms with van der Waals surface area (Å²) in [4.78, 5) is 2.50. The number of hydrogen-bond acceptors (Lipinski definition) is 2. The molecule has 1 unspecified atom stereocenters. The molecule has 0 spiro atoms. The first-order chi connectivity index (χ1) is 8.22. The van der Waals surface area contributed by atoms with Crippen LogP contribution in [0, 0.1) is 0 Å². The van der Waals surface area contributed by atoms with Crippen LogP contribution in [-0.4, -0.2) is 22.6 Å². The maximum Gasteiger partial charge on any atom is 0.134 e. The van der Waals surface area contributed by atoms with Gasteiger partial charge in [0.2, 0.25) is 0 Å². The second-order valence-electron chi connectivity index (χ2n) is 4.78. The molecule has 1 saturated heterocycles. The van der Waals surface area contributed by atoms with Crippen LogP contribution < -0.4 is 0 Å². The molecule has 0 aromatic heterocycles. The van der Waals surface area contributed by atoms with Crippen molar-refractivity contribution in [3.05, 3.63) is 28.2 Å². The third-order valence-corrected chi connectivity index (χ3v) is 4.30. The van der Waals surface area contributed by atoms with Crippen molar-refractivity contribution in [3.63, 3.8) is 0 Å². The monoisotopic (exact) mass is 297 g/mol. The quantitative estimate of drug-likeness (QED) is 0.914. The predicted octanol–water partition coefficient (Wildman–Crippen LogP) is 3.92. The molecule has 0 bridgehead atoms. The van der Waals surface area contributed by atoms with Crippen LogP contribution in [0.1, 0.15) is 38.2 Å².